The first-order valence-electron chi connectivity index (χ1n) is 10.0. The van der Waals surface area contributed by atoms with E-state index in [1.807, 2.05) is 38.1 Å². The predicted octanol–water partition coefficient (Wildman–Crippen LogP) is 2.32. The summed E-state index contributed by atoms with van der Waals surface area (Å²) >= 11 is 0. The van der Waals surface area contributed by atoms with Crippen LogP contribution < -0.4 is 5.32 Å². The van der Waals surface area contributed by atoms with Crippen molar-refractivity contribution in [2.45, 2.75) is 45.1 Å². The lowest BCUT2D eigenvalue weighted by Gasteiger charge is -2.35. The molecule has 1 spiro atoms. The Morgan fingerprint density at radius 2 is 1.93 bits per heavy atom. The van der Waals surface area contributed by atoms with Crippen molar-refractivity contribution >= 4 is 21.9 Å². The van der Waals surface area contributed by atoms with Crippen molar-refractivity contribution in [3.05, 3.63) is 35.4 Å². The summed E-state index contributed by atoms with van der Waals surface area (Å²) in [5.74, 6) is -0.278. The first-order chi connectivity index (χ1) is 13.5. The molecular formula is C21H27NO6S. The first kappa shape index (κ1) is 20.5. The van der Waals surface area contributed by atoms with E-state index in [1.165, 1.54) is 0 Å². The fraction of sp³-hybridized carbons (Fsp3) is 0.619. The van der Waals surface area contributed by atoms with Crippen molar-refractivity contribution in [1.29, 1.82) is 0 Å². The van der Waals surface area contributed by atoms with Crippen LogP contribution in [0.5, 0.6) is 0 Å². The molecule has 2 N–H and O–H groups in total. The zero-order valence-corrected chi connectivity index (χ0v) is 17.5. The van der Waals surface area contributed by atoms with Crippen LogP contribution in [0.15, 0.2) is 24.3 Å². The third-order valence-corrected chi connectivity index (χ3v) is 8.47. The molecule has 0 radical (unpaired) electrons. The normalized spacial score (nSPS) is 34.1. The molecule has 1 aromatic rings. The Morgan fingerprint density at radius 3 is 2.48 bits per heavy atom. The zero-order chi connectivity index (χ0) is 21.1. The van der Waals surface area contributed by atoms with Crippen LogP contribution in [0.3, 0.4) is 0 Å². The summed E-state index contributed by atoms with van der Waals surface area (Å²) in [6, 6.07) is 7.67. The minimum absolute atomic E-state index is 0.0152. The molecule has 3 fully saturated rings. The second-order valence-electron chi connectivity index (χ2n) is 9.25. The summed E-state index contributed by atoms with van der Waals surface area (Å²) in [7, 11) is -4.08. The highest BCUT2D eigenvalue weighted by Gasteiger charge is 2.65. The lowest BCUT2D eigenvalue weighted by atomic mass is 9.70. The fourth-order valence-electron chi connectivity index (χ4n) is 5.75. The van der Waals surface area contributed by atoms with Crippen LogP contribution >= 0.6 is 0 Å². The molecule has 3 atom stereocenters. The van der Waals surface area contributed by atoms with Crippen molar-refractivity contribution in [3.8, 4) is 0 Å². The van der Waals surface area contributed by atoms with E-state index in [4.69, 9.17) is 9.29 Å². The van der Waals surface area contributed by atoms with E-state index in [2.05, 4.69) is 5.32 Å². The minimum Gasteiger partial charge on any atom is -0.449 e. The van der Waals surface area contributed by atoms with Crippen LogP contribution in [-0.2, 0) is 25.3 Å². The third-order valence-electron chi connectivity index (χ3n) is 7.61. The van der Waals surface area contributed by atoms with Gasteiger partial charge in [-0.25, -0.2) is 4.79 Å². The van der Waals surface area contributed by atoms with Gasteiger partial charge in [0.2, 0.25) is 0 Å². The van der Waals surface area contributed by atoms with Gasteiger partial charge in [0.05, 0.1) is 16.7 Å². The largest absolute Gasteiger partial charge is 0.449 e. The molecule has 2 aliphatic heterocycles. The van der Waals surface area contributed by atoms with Gasteiger partial charge in [0, 0.05) is 24.9 Å². The topological polar surface area (TPSA) is 110 Å². The Morgan fingerprint density at radius 1 is 1.21 bits per heavy atom. The Labute approximate surface area is 171 Å². The molecule has 2 aliphatic carbocycles. The molecule has 1 saturated heterocycles. The molecule has 4 aliphatic rings. The van der Waals surface area contributed by atoms with Gasteiger partial charge in [-0.05, 0) is 36.8 Å². The smallest absolute Gasteiger partial charge is 0.339 e. The maximum atomic E-state index is 11.9. The SMILES string of the molecule is CC1(C)[C@H]2CC[C@]1(CS(=O)(=O)O)C(=O)C2.O=C1O[C@@]2(CCNC2)c2ccccc21. The summed E-state index contributed by atoms with van der Waals surface area (Å²) in [4.78, 5) is 23.5. The fourth-order valence-corrected chi connectivity index (χ4v) is 7.05. The summed E-state index contributed by atoms with van der Waals surface area (Å²) in [5.41, 5.74) is 0.296. The van der Waals surface area contributed by atoms with Gasteiger partial charge in [0.1, 0.15) is 5.78 Å². The number of nitrogens with one attached hydrogen (secondary N) is 1. The van der Waals surface area contributed by atoms with Gasteiger partial charge in [-0.2, -0.15) is 8.42 Å². The number of hydrogen-bond acceptors (Lipinski definition) is 6. The molecule has 0 unspecified atom stereocenters. The number of carbonyl (C=O) groups is 2. The highest BCUT2D eigenvalue weighted by molar-refractivity contribution is 7.85. The first-order valence-corrected chi connectivity index (χ1v) is 11.6. The second kappa shape index (κ2) is 6.62. The highest BCUT2D eigenvalue weighted by atomic mass is 32.2. The molecule has 158 valence electrons. The van der Waals surface area contributed by atoms with E-state index in [-0.39, 0.29) is 28.7 Å². The van der Waals surface area contributed by atoms with E-state index in [0.29, 0.717) is 12.8 Å². The molecule has 2 heterocycles. The van der Waals surface area contributed by atoms with Crippen LogP contribution in [0.1, 0.15) is 55.5 Å². The Balaban J connectivity index is 0.000000141. The molecule has 0 aromatic heterocycles. The Hall–Kier alpha value is -1.77. The number of Topliss-reactive ketones (excluding diaryl/α,β-unsaturated/α-hetero) is 1. The molecule has 1 aromatic carbocycles. The maximum Gasteiger partial charge on any atom is 0.339 e. The number of hydrogen-bond donors (Lipinski definition) is 2. The van der Waals surface area contributed by atoms with Gasteiger partial charge in [0.25, 0.3) is 10.1 Å². The molecule has 2 saturated carbocycles. The van der Waals surface area contributed by atoms with Crippen molar-refractivity contribution < 1.29 is 27.3 Å². The lowest BCUT2D eigenvalue weighted by Crippen LogP contribution is -2.42. The van der Waals surface area contributed by atoms with Gasteiger partial charge in [-0.1, -0.05) is 32.0 Å². The van der Waals surface area contributed by atoms with E-state index in [0.717, 1.165) is 37.1 Å². The second-order valence-corrected chi connectivity index (χ2v) is 10.7. The maximum absolute atomic E-state index is 11.9. The van der Waals surface area contributed by atoms with Gasteiger partial charge in [-0.15, -0.1) is 0 Å². The quantitative estimate of drug-likeness (QED) is 0.557. The van der Waals surface area contributed by atoms with Crippen molar-refractivity contribution in [3.63, 3.8) is 0 Å². The number of fused-ring (bicyclic) bond motifs is 4. The molecule has 7 nitrogen and oxygen atoms in total. The van der Waals surface area contributed by atoms with E-state index in [9.17, 15) is 18.0 Å². The van der Waals surface area contributed by atoms with Gasteiger partial charge >= 0.3 is 5.97 Å². The Kier molecular flexibility index (Phi) is 4.68. The van der Waals surface area contributed by atoms with Crippen LogP contribution in [0, 0.1) is 16.7 Å². The van der Waals surface area contributed by atoms with Crippen molar-refractivity contribution in [1.82, 2.24) is 5.32 Å². The number of carbonyl (C=O) groups excluding carboxylic acids is 2. The van der Waals surface area contributed by atoms with Gasteiger partial charge in [-0.3, -0.25) is 9.35 Å². The van der Waals surface area contributed by atoms with Crippen molar-refractivity contribution in [2.24, 2.45) is 16.7 Å². The molecule has 29 heavy (non-hydrogen) atoms. The van der Waals surface area contributed by atoms with Crippen LogP contribution in [-0.4, -0.2) is 43.6 Å². The number of benzene rings is 1. The highest BCUT2D eigenvalue weighted by Crippen LogP contribution is 2.64. The summed E-state index contributed by atoms with van der Waals surface area (Å²) in [6.07, 6.45) is 2.86. The minimum atomic E-state index is -4.08. The Bertz CT molecular complexity index is 963. The van der Waals surface area contributed by atoms with E-state index >= 15 is 0 Å². The summed E-state index contributed by atoms with van der Waals surface area (Å²) in [6.45, 7) is 5.55. The molecular weight excluding hydrogens is 394 g/mol. The van der Waals surface area contributed by atoms with Crippen LogP contribution in [0.25, 0.3) is 0 Å². The number of ether oxygens (including phenoxy) is 1. The van der Waals surface area contributed by atoms with Crippen molar-refractivity contribution in [2.75, 3.05) is 18.8 Å². The number of esters is 1. The summed E-state index contributed by atoms with van der Waals surface area (Å²) in [5, 5.41) is 3.24. The monoisotopic (exact) mass is 421 g/mol. The molecule has 2 bridgehead atoms. The number of rotatable bonds is 2. The molecule has 0 amide bonds. The lowest BCUT2D eigenvalue weighted by molar-refractivity contribution is -0.128. The summed E-state index contributed by atoms with van der Waals surface area (Å²) < 4.78 is 36.5. The zero-order valence-electron chi connectivity index (χ0n) is 16.7. The predicted molar refractivity (Wildman–Crippen MR) is 106 cm³/mol. The van der Waals surface area contributed by atoms with E-state index in [1.54, 1.807) is 0 Å². The van der Waals surface area contributed by atoms with Gasteiger partial charge in [0.15, 0.2) is 5.60 Å². The average Bonchev–Trinajstić information content (AvgIpc) is 3.32. The molecule has 8 heteroatoms. The average molecular weight is 422 g/mol. The standard InChI is InChI=1S/C11H11NO2.C10H16O4S/c13-10-8-3-1-2-4-9(8)11(14-10)5-6-12-7-11;1-9(2)7-3-4-10(9,8(11)5-7)6-15(12,13)14/h1-4,12H,5-7H2;7H,3-6H2,1-2H3,(H,12,13,14)/t11-;7-,10-/m10/s1. The number of ketones is 1. The van der Waals surface area contributed by atoms with Gasteiger partial charge < -0.3 is 10.1 Å². The van der Waals surface area contributed by atoms with Crippen LogP contribution in [0.2, 0.25) is 0 Å². The third kappa shape index (κ3) is 3.12. The van der Waals surface area contributed by atoms with Crippen LogP contribution in [0.4, 0.5) is 0 Å². The molecule has 5 rings (SSSR count). The van der Waals surface area contributed by atoms with E-state index < -0.39 is 21.3 Å².